The molecule has 1 aromatic rings. The number of anilines is 1. The number of carbonyl (C=O) groups excluding carboxylic acids is 1. The first-order valence-corrected chi connectivity index (χ1v) is 4.34. The summed E-state index contributed by atoms with van der Waals surface area (Å²) in [5, 5.41) is 2.93. The number of hydrogen-bond donors (Lipinski definition) is 1. The van der Waals surface area contributed by atoms with E-state index in [1.165, 1.54) is 0 Å². The van der Waals surface area contributed by atoms with E-state index in [0.717, 1.165) is 5.69 Å². The highest BCUT2D eigenvalue weighted by molar-refractivity contribution is 5.95. The van der Waals surface area contributed by atoms with E-state index in [0.29, 0.717) is 5.56 Å². The highest BCUT2D eigenvalue weighted by Crippen LogP contribution is 2.14. The topological polar surface area (TPSA) is 38.3 Å². The van der Waals surface area contributed by atoms with Crippen LogP contribution in [0.15, 0.2) is 36.9 Å². The molecule has 0 atom stereocenters. The highest BCUT2D eigenvalue weighted by atomic mass is 16.5. The fourth-order valence-electron chi connectivity index (χ4n) is 1.09. The van der Waals surface area contributed by atoms with Crippen LogP contribution in [-0.2, 0) is 4.74 Å². The van der Waals surface area contributed by atoms with Gasteiger partial charge in [-0.05, 0) is 12.1 Å². The van der Waals surface area contributed by atoms with Gasteiger partial charge in [-0.15, -0.1) is 0 Å². The second-order valence-electron chi connectivity index (χ2n) is 2.68. The number of ether oxygens (including phenoxy) is 1. The highest BCUT2D eigenvalue weighted by Gasteiger charge is 2.09. The molecule has 0 bridgehead atoms. The van der Waals surface area contributed by atoms with E-state index < -0.39 is 0 Å². The summed E-state index contributed by atoms with van der Waals surface area (Å²) in [5.41, 5.74) is 1.30. The van der Waals surface area contributed by atoms with Gasteiger partial charge in [-0.3, -0.25) is 0 Å². The van der Waals surface area contributed by atoms with E-state index in [4.69, 9.17) is 4.74 Å². The number of rotatable bonds is 4. The van der Waals surface area contributed by atoms with Gasteiger partial charge in [-0.25, -0.2) is 4.79 Å². The van der Waals surface area contributed by atoms with Crippen molar-refractivity contribution in [1.29, 1.82) is 0 Å². The predicted molar refractivity (Wildman–Crippen MR) is 56.5 cm³/mol. The zero-order valence-electron chi connectivity index (χ0n) is 8.12. The van der Waals surface area contributed by atoms with Crippen LogP contribution in [0.5, 0.6) is 0 Å². The first-order valence-electron chi connectivity index (χ1n) is 4.34. The minimum absolute atomic E-state index is 0.233. The molecule has 0 aromatic heterocycles. The molecule has 0 spiro atoms. The van der Waals surface area contributed by atoms with E-state index in [9.17, 15) is 4.79 Å². The number of carbonyl (C=O) groups is 1. The Morgan fingerprint density at radius 1 is 1.57 bits per heavy atom. The van der Waals surface area contributed by atoms with Crippen LogP contribution < -0.4 is 5.32 Å². The molecule has 0 heterocycles. The molecule has 0 fully saturated rings. The Bertz CT molecular complexity index is 334. The van der Waals surface area contributed by atoms with Crippen molar-refractivity contribution >= 4 is 11.7 Å². The third-order valence-electron chi connectivity index (χ3n) is 1.75. The van der Waals surface area contributed by atoms with E-state index >= 15 is 0 Å². The van der Waals surface area contributed by atoms with Gasteiger partial charge in [0.1, 0.15) is 6.61 Å². The summed E-state index contributed by atoms with van der Waals surface area (Å²) in [6.07, 6.45) is 1.54. The SMILES string of the molecule is C=CCOC(=O)c1ccccc1NC. The second-order valence-corrected chi connectivity index (χ2v) is 2.68. The summed E-state index contributed by atoms with van der Waals surface area (Å²) in [7, 11) is 1.76. The molecule has 0 aliphatic carbocycles. The van der Waals surface area contributed by atoms with Gasteiger partial charge in [0.05, 0.1) is 5.56 Å². The summed E-state index contributed by atoms with van der Waals surface area (Å²) in [5.74, 6) is -0.338. The molecule has 0 radical (unpaired) electrons. The van der Waals surface area contributed by atoms with Crippen molar-refractivity contribution in [2.75, 3.05) is 19.0 Å². The molecule has 1 N–H and O–H groups in total. The molecular weight excluding hydrogens is 178 g/mol. The van der Waals surface area contributed by atoms with Gasteiger partial charge in [0, 0.05) is 12.7 Å². The Kier molecular flexibility index (Phi) is 3.73. The van der Waals surface area contributed by atoms with Crippen LogP contribution in [0.3, 0.4) is 0 Å². The van der Waals surface area contributed by atoms with Crippen LogP contribution in [-0.4, -0.2) is 19.6 Å². The summed E-state index contributed by atoms with van der Waals surface area (Å²) in [6.45, 7) is 3.71. The quantitative estimate of drug-likeness (QED) is 0.585. The standard InChI is InChI=1S/C11H13NO2/c1-3-8-14-11(13)9-6-4-5-7-10(9)12-2/h3-7,12H,1,8H2,2H3. The molecule has 0 amide bonds. The van der Waals surface area contributed by atoms with Crippen LogP contribution in [0.1, 0.15) is 10.4 Å². The van der Waals surface area contributed by atoms with Gasteiger partial charge in [0.15, 0.2) is 0 Å². The molecule has 1 rings (SSSR count). The second kappa shape index (κ2) is 5.07. The first-order chi connectivity index (χ1) is 6.79. The van der Waals surface area contributed by atoms with Crippen molar-refractivity contribution in [2.24, 2.45) is 0 Å². The third kappa shape index (κ3) is 2.36. The van der Waals surface area contributed by atoms with Crippen LogP contribution in [0.2, 0.25) is 0 Å². The van der Waals surface area contributed by atoms with E-state index in [2.05, 4.69) is 11.9 Å². The Morgan fingerprint density at radius 3 is 2.93 bits per heavy atom. The molecule has 0 saturated carbocycles. The molecular formula is C11H13NO2. The lowest BCUT2D eigenvalue weighted by atomic mass is 10.2. The third-order valence-corrected chi connectivity index (χ3v) is 1.75. The zero-order valence-corrected chi connectivity index (χ0v) is 8.12. The van der Waals surface area contributed by atoms with Crippen molar-refractivity contribution in [3.63, 3.8) is 0 Å². The maximum absolute atomic E-state index is 11.5. The molecule has 1 aromatic carbocycles. The van der Waals surface area contributed by atoms with Gasteiger partial charge in [-0.2, -0.15) is 0 Å². The average Bonchev–Trinajstić information content (AvgIpc) is 2.25. The van der Waals surface area contributed by atoms with E-state index in [1.807, 2.05) is 12.1 Å². The molecule has 3 heteroatoms. The number of nitrogens with one attached hydrogen (secondary N) is 1. The Labute approximate surface area is 83.4 Å². The fraction of sp³-hybridized carbons (Fsp3) is 0.182. The lowest BCUT2D eigenvalue weighted by Crippen LogP contribution is -2.07. The maximum Gasteiger partial charge on any atom is 0.340 e. The number of hydrogen-bond acceptors (Lipinski definition) is 3. The molecule has 0 unspecified atom stereocenters. The van der Waals surface area contributed by atoms with Crippen molar-refractivity contribution in [1.82, 2.24) is 0 Å². The predicted octanol–water partition coefficient (Wildman–Crippen LogP) is 2.07. The number of benzene rings is 1. The summed E-state index contributed by atoms with van der Waals surface area (Å²) < 4.78 is 4.92. The van der Waals surface area contributed by atoms with Crippen molar-refractivity contribution in [2.45, 2.75) is 0 Å². The van der Waals surface area contributed by atoms with Gasteiger partial charge < -0.3 is 10.1 Å². The molecule has 0 saturated heterocycles. The van der Waals surface area contributed by atoms with Crippen LogP contribution in [0, 0.1) is 0 Å². The minimum atomic E-state index is -0.338. The minimum Gasteiger partial charge on any atom is -0.458 e. The van der Waals surface area contributed by atoms with Crippen molar-refractivity contribution in [3.05, 3.63) is 42.5 Å². The maximum atomic E-state index is 11.5. The van der Waals surface area contributed by atoms with E-state index in [-0.39, 0.29) is 12.6 Å². The molecule has 0 aliphatic rings. The fourth-order valence-corrected chi connectivity index (χ4v) is 1.09. The Hall–Kier alpha value is -1.77. The number of para-hydroxylation sites is 1. The lowest BCUT2D eigenvalue weighted by Gasteiger charge is -2.07. The smallest absolute Gasteiger partial charge is 0.340 e. The van der Waals surface area contributed by atoms with Crippen LogP contribution >= 0.6 is 0 Å². The zero-order chi connectivity index (χ0) is 10.4. The molecule has 3 nitrogen and oxygen atoms in total. The Morgan fingerprint density at radius 2 is 2.29 bits per heavy atom. The van der Waals surface area contributed by atoms with Crippen LogP contribution in [0.4, 0.5) is 5.69 Å². The summed E-state index contributed by atoms with van der Waals surface area (Å²) in [4.78, 5) is 11.5. The van der Waals surface area contributed by atoms with Crippen LogP contribution in [0.25, 0.3) is 0 Å². The summed E-state index contributed by atoms with van der Waals surface area (Å²) in [6, 6.07) is 7.20. The van der Waals surface area contributed by atoms with E-state index in [1.54, 1.807) is 25.3 Å². The van der Waals surface area contributed by atoms with Crippen molar-refractivity contribution in [3.8, 4) is 0 Å². The monoisotopic (exact) mass is 191 g/mol. The molecule has 74 valence electrons. The number of esters is 1. The lowest BCUT2D eigenvalue weighted by molar-refractivity contribution is 0.0551. The first kappa shape index (κ1) is 10.3. The van der Waals surface area contributed by atoms with Gasteiger partial charge in [0.25, 0.3) is 0 Å². The van der Waals surface area contributed by atoms with Crippen molar-refractivity contribution < 1.29 is 9.53 Å². The molecule has 0 aliphatic heterocycles. The largest absolute Gasteiger partial charge is 0.458 e. The average molecular weight is 191 g/mol. The van der Waals surface area contributed by atoms with Gasteiger partial charge in [0.2, 0.25) is 0 Å². The molecule has 14 heavy (non-hydrogen) atoms. The Balaban J connectivity index is 2.82. The normalized spacial score (nSPS) is 9.21. The van der Waals surface area contributed by atoms with Gasteiger partial charge in [-0.1, -0.05) is 24.8 Å². The summed E-state index contributed by atoms with van der Waals surface area (Å²) >= 11 is 0. The van der Waals surface area contributed by atoms with Gasteiger partial charge >= 0.3 is 5.97 Å².